The van der Waals surface area contributed by atoms with Crippen LogP contribution in [0.25, 0.3) is 11.3 Å². The first kappa shape index (κ1) is 11.6. The molecule has 0 aliphatic carbocycles. The second-order valence-corrected chi connectivity index (χ2v) is 5.23. The molecule has 2 aromatic rings. The minimum absolute atomic E-state index is 0.634. The Balaban J connectivity index is 2.44. The number of aromatic nitrogens is 1. The molecule has 0 aliphatic heterocycles. The second-order valence-electron chi connectivity index (χ2n) is 3.53. The highest BCUT2D eigenvalue weighted by atomic mass is 35.5. The molecule has 0 amide bonds. The third kappa shape index (κ3) is 2.26. The van der Waals surface area contributed by atoms with Crippen molar-refractivity contribution in [1.82, 2.24) is 4.98 Å². The first-order chi connectivity index (χ1) is 7.72. The van der Waals surface area contributed by atoms with Gasteiger partial charge in [-0.05, 0) is 19.5 Å². The smallest absolute Gasteiger partial charge is 0.0947 e. The van der Waals surface area contributed by atoms with Crippen molar-refractivity contribution >= 4 is 22.9 Å². The number of nitrogens with zero attached hydrogens (tertiary/aromatic N) is 1. The first-order valence-corrected chi connectivity index (χ1v) is 6.33. The summed E-state index contributed by atoms with van der Waals surface area (Å²) >= 11 is 7.85. The van der Waals surface area contributed by atoms with Gasteiger partial charge in [-0.15, -0.1) is 11.3 Å². The largest absolute Gasteiger partial charge is 0.330 e. The fraction of sp³-hybridized carbons (Fsp3) is 0.250. The molecule has 2 rings (SSSR count). The van der Waals surface area contributed by atoms with E-state index in [1.807, 2.05) is 24.3 Å². The van der Waals surface area contributed by atoms with Crippen LogP contribution in [0.15, 0.2) is 24.3 Å². The van der Waals surface area contributed by atoms with Gasteiger partial charge in [-0.2, -0.15) is 0 Å². The molecule has 0 spiro atoms. The molecule has 1 aromatic carbocycles. The predicted molar refractivity (Wildman–Crippen MR) is 70.1 cm³/mol. The Bertz CT molecular complexity index is 494. The van der Waals surface area contributed by atoms with Crippen LogP contribution in [-0.4, -0.2) is 11.5 Å². The van der Waals surface area contributed by atoms with Gasteiger partial charge in [0.25, 0.3) is 0 Å². The van der Waals surface area contributed by atoms with Crippen molar-refractivity contribution in [3.05, 3.63) is 39.2 Å². The minimum Gasteiger partial charge on any atom is -0.330 e. The molecule has 0 atom stereocenters. The number of aryl methyl sites for hydroxylation is 1. The second kappa shape index (κ2) is 4.95. The van der Waals surface area contributed by atoms with Crippen LogP contribution in [-0.2, 0) is 6.42 Å². The van der Waals surface area contributed by atoms with Crippen LogP contribution in [0.5, 0.6) is 0 Å². The number of nitrogens with two attached hydrogens (primary N) is 1. The van der Waals surface area contributed by atoms with Gasteiger partial charge in [0.2, 0.25) is 0 Å². The van der Waals surface area contributed by atoms with Gasteiger partial charge in [0.05, 0.1) is 10.7 Å². The van der Waals surface area contributed by atoms with Gasteiger partial charge in [-0.25, -0.2) is 4.98 Å². The summed E-state index contributed by atoms with van der Waals surface area (Å²) in [5.74, 6) is 0. The lowest BCUT2D eigenvalue weighted by atomic mass is 10.1. The lowest BCUT2D eigenvalue weighted by molar-refractivity contribution is 0.954. The molecule has 0 saturated heterocycles. The molecule has 16 heavy (non-hydrogen) atoms. The Morgan fingerprint density at radius 2 is 2.12 bits per heavy atom. The predicted octanol–water partition coefficient (Wildman–Crippen LogP) is 3.27. The molecule has 2 N–H and O–H groups in total. The Morgan fingerprint density at radius 1 is 1.38 bits per heavy atom. The van der Waals surface area contributed by atoms with Gasteiger partial charge in [0.1, 0.15) is 0 Å². The molecule has 0 radical (unpaired) electrons. The maximum atomic E-state index is 6.16. The summed E-state index contributed by atoms with van der Waals surface area (Å²) in [6, 6.07) is 7.78. The third-order valence-corrected chi connectivity index (χ3v) is 3.69. The zero-order valence-electron chi connectivity index (χ0n) is 9.03. The number of halogens is 1. The van der Waals surface area contributed by atoms with Crippen molar-refractivity contribution in [3.8, 4) is 11.3 Å². The van der Waals surface area contributed by atoms with Crippen LogP contribution in [0.4, 0.5) is 0 Å². The van der Waals surface area contributed by atoms with Crippen molar-refractivity contribution in [2.45, 2.75) is 13.3 Å². The van der Waals surface area contributed by atoms with Gasteiger partial charge in [-0.3, -0.25) is 0 Å². The molecule has 0 bridgehead atoms. The summed E-state index contributed by atoms with van der Waals surface area (Å²) < 4.78 is 0. The monoisotopic (exact) mass is 252 g/mol. The molecule has 0 unspecified atom stereocenters. The van der Waals surface area contributed by atoms with Crippen molar-refractivity contribution in [1.29, 1.82) is 0 Å². The summed E-state index contributed by atoms with van der Waals surface area (Å²) in [6.07, 6.45) is 0.829. The maximum absolute atomic E-state index is 6.16. The number of hydrogen-bond acceptors (Lipinski definition) is 3. The van der Waals surface area contributed by atoms with E-state index in [-0.39, 0.29) is 0 Å². The van der Waals surface area contributed by atoms with Crippen LogP contribution in [0.2, 0.25) is 5.02 Å². The maximum Gasteiger partial charge on any atom is 0.0947 e. The summed E-state index contributed by atoms with van der Waals surface area (Å²) in [5, 5.41) is 1.82. The molecule has 1 heterocycles. The van der Waals surface area contributed by atoms with Crippen molar-refractivity contribution < 1.29 is 0 Å². The van der Waals surface area contributed by atoms with Crippen molar-refractivity contribution in [2.75, 3.05) is 6.54 Å². The van der Waals surface area contributed by atoms with Gasteiger partial charge < -0.3 is 5.73 Å². The van der Waals surface area contributed by atoms with E-state index in [0.717, 1.165) is 27.7 Å². The first-order valence-electron chi connectivity index (χ1n) is 5.13. The highest BCUT2D eigenvalue weighted by Gasteiger charge is 2.11. The van der Waals surface area contributed by atoms with E-state index in [2.05, 4.69) is 11.9 Å². The fourth-order valence-electron chi connectivity index (χ4n) is 1.58. The van der Waals surface area contributed by atoms with E-state index >= 15 is 0 Å². The topological polar surface area (TPSA) is 38.9 Å². The van der Waals surface area contributed by atoms with Crippen LogP contribution in [0, 0.1) is 6.92 Å². The van der Waals surface area contributed by atoms with Gasteiger partial charge in [0.15, 0.2) is 0 Å². The van der Waals surface area contributed by atoms with Crippen LogP contribution < -0.4 is 5.73 Å². The normalized spacial score (nSPS) is 10.7. The zero-order valence-corrected chi connectivity index (χ0v) is 10.6. The standard InChI is InChI=1S/C12H13ClN2S/c1-8-12(15-11(16-8)6-7-14)9-4-2-3-5-10(9)13/h2-5H,6-7,14H2,1H3. The van der Waals surface area contributed by atoms with E-state index in [1.54, 1.807) is 11.3 Å². The molecular formula is C12H13ClN2S. The Morgan fingerprint density at radius 3 is 2.81 bits per heavy atom. The Hall–Kier alpha value is -0.900. The molecule has 4 heteroatoms. The molecule has 1 aromatic heterocycles. The van der Waals surface area contributed by atoms with Gasteiger partial charge >= 0.3 is 0 Å². The average molecular weight is 253 g/mol. The van der Waals surface area contributed by atoms with Gasteiger partial charge in [-0.1, -0.05) is 29.8 Å². The van der Waals surface area contributed by atoms with Crippen molar-refractivity contribution in [3.63, 3.8) is 0 Å². The third-order valence-electron chi connectivity index (χ3n) is 2.33. The van der Waals surface area contributed by atoms with Crippen molar-refractivity contribution in [2.24, 2.45) is 5.73 Å². The van der Waals surface area contributed by atoms with E-state index < -0.39 is 0 Å². The van der Waals surface area contributed by atoms with Crippen LogP contribution in [0.1, 0.15) is 9.88 Å². The Kier molecular flexibility index (Phi) is 3.59. The summed E-state index contributed by atoms with van der Waals surface area (Å²) in [5.41, 5.74) is 7.52. The average Bonchev–Trinajstić information content (AvgIpc) is 2.61. The minimum atomic E-state index is 0.634. The quantitative estimate of drug-likeness (QED) is 0.911. The molecule has 0 aliphatic rings. The SMILES string of the molecule is Cc1sc(CCN)nc1-c1ccccc1Cl. The zero-order chi connectivity index (χ0) is 11.5. The molecule has 84 valence electrons. The van der Waals surface area contributed by atoms with E-state index in [0.29, 0.717) is 6.54 Å². The number of hydrogen-bond donors (Lipinski definition) is 1. The lowest BCUT2D eigenvalue weighted by Gasteiger charge is -2.00. The molecule has 0 fully saturated rings. The highest BCUT2D eigenvalue weighted by molar-refractivity contribution is 7.12. The van der Waals surface area contributed by atoms with E-state index in [9.17, 15) is 0 Å². The molecule has 0 saturated carbocycles. The van der Waals surface area contributed by atoms with Crippen LogP contribution in [0.3, 0.4) is 0 Å². The fourth-order valence-corrected chi connectivity index (χ4v) is 2.77. The lowest BCUT2D eigenvalue weighted by Crippen LogP contribution is -2.01. The number of benzene rings is 1. The van der Waals surface area contributed by atoms with Crippen LogP contribution >= 0.6 is 22.9 Å². The van der Waals surface area contributed by atoms with Gasteiger partial charge in [0, 0.05) is 21.9 Å². The number of rotatable bonds is 3. The molecular weight excluding hydrogens is 240 g/mol. The van der Waals surface area contributed by atoms with E-state index in [1.165, 1.54) is 4.88 Å². The van der Waals surface area contributed by atoms with E-state index in [4.69, 9.17) is 17.3 Å². The summed E-state index contributed by atoms with van der Waals surface area (Å²) in [7, 11) is 0. The highest BCUT2D eigenvalue weighted by Crippen LogP contribution is 2.32. The number of thiazole rings is 1. The summed E-state index contributed by atoms with van der Waals surface area (Å²) in [6.45, 7) is 2.70. The molecule has 2 nitrogen and oxygen atoms in total. The Labute approximate surface area is 104 Å². The summed E-state index contributed by atoms with van der Waals surface area (Å²) in [4.78, 5) is 5.78.